The number of aromatic nitrogens is 1. The minimum Gasteiger partial charge on any atom is -0.492 e. The summed E-state index contributed by atoms with van der Waals surface area (Å²) >= 11 is 13.6. The number of nitrogens with one attached hydrogen (secondary N) is 1. The lowest BCUT2D eigenvalue weighted by molar-refractivity contribution is -0.116. The van der Waals surface area contributed by atoms with Crippen molar-refractivity contribution >= 4 is 46.1 Å². The zero-order chi connectivity index (χ0) is 23.2. The first-order valence-corrected chi connectivity index (χ1v) is 12.1. The molecule has 0 aliphatic heterocycles. The van der Waals surface area contributed by atoms with Crippen LogP contribution in [-0.2, 0) is 4.79 Å². The second kappa shape index (κ2) is 10.8. The van der Waals surface area contributed by atoms with Gasteiger partial charge in [-0.1, -0.05) is 65.7 Å². The Hall–Kier alpha value is -2.86. The SMILES string of the molecule is Cc1sc(-c2ccccc2)nc1-c1ccc(NC(=O)CCCOc2ccc(Cl)cc2Cl)cc1. The summed E-state index contributed by atoms with van der Waals surface area (Å²) in [7, 11) is 0. The van der Waals surface area contributed by atoms with Crippen molar-refractivity contribution in [2.45, 2.75) is 19.8 Å². The quantitative estimate of drug-likeness (QED) is 0.252. The second-order valence-corrected chi connectivity index (χ2v) is 9.49. The number of carbonyl (C=O) groups is 1. The molecule has 0 aliphatic carbocycles. The third-order valence-electron chi connectivity index (χ3n) is 4.96. The van der Waals surface area contributed by atoms with Gasteiger partial charge in [-0.25, -0.2) is 4.98 Å². The molecule has 0 saturated heterocycles. The van der Waals surface area contributed by atoms with Crippen LogP contribution in [-0.4, -0.2) is 17.5 Å². The minimum absolute atomic E-state index is 0.0650. The predicted molar refractivity (Wildman–Crippen MR) is 138 cm³/mol. The van der Waals surface area contributed by atoms with Gasteiger partial charge in [-0.15, -0.1) is 11.3 Å². The number of rotatable bonds is 8. The Labute approximate surface area is 207 Å². The number of hydrogen-bond donors (Lipinski definition) is 1. The highest BCUT2D eigenvalue weighted by Crippen LogP contribution is 2.33. The normalized spacial score (nSPS) is 10.8. The minimum atomic E-state index is -0.0650. The molecule has 1 heterocycles. The van der Waals surface area contributed by atoms with Crippen molar-refractivity contribution in [2.75, 3.05) is 11.9 Å². The molecule has 0 fully saturated rings. The molecule has 0 atom stereocenters. The van der Waals surface area contributed by atoms with Crippen LogP contribution in [0.3, 0.4) is 0 Å². The van der Waals surface area contributed by atoms with Crippen LogP contribution >= 0.6 is 34.5 Å². The number of carbonyl (C=O) groups excluding carboxylic acids is 1. The molecule has 0 unspecified atom stereocenters. The number of nitrogens with zero attached hydrogens (tertiary/aromatic N) is 1. The number of ether oxygens (including phenoxy) is 1. The van der Waals surface area contributed by atoms with Crippen molar-refractivity contribution in [1.29, 1.82) is 0 Å². The van der Waals surface area contributed by atoms with Gasteiger partial charge < -0.3 is 10.1 Å². The molecule has 0 aliphatic rings. The average Bonchev–Trinajstić information content (AvgIpc) is 3.20. The lowest BCUT2D eigenvalue weighted by Crippen LogP contribution is -2.12. The monoisotopic (exact) mass is 496 g/mol. The topological polar surface area (TPSA) is 51.2 Å². The fraction of sp³-hybridized carbons (Fsp3) is 0.154. The van der Waals surface area contributed by atoms with E-state index in [1.54, 1.807) is 29.5 Å². The third kappa shape index (κ3) is 6.14. The van der Waals surface area contributed by atoms with Gasteiger partial charge >= 0.3 is 0 Å². The molecule has 33 heavy (non-hydrogen) atoms. The Morgan fingerprint density at radius 3 is 2.48 bits per heavy atom. The largest absolute Gasteiger partial charge is 0.492 e. The predicted octanol–water partition coefficient (Wildman–Crippen LogP) is 7.89. The van der Waals surface area contributed by atoms with Gasteiger partial charge in [-0.05, 0) is 43.7 Å². The zero-order valence-electron chi connectivity index (χ0n) is 18.0. The summed E-state index contributed by atoms with van der Waals surface area (Å²) in [5.41, 5.74) is 3.86. The molecule has 4 aromatic rings. The third-order valence-corrected chi connectivity index (χ3v) is 6.51. The lowest BCUT2D eigenvalue weighted by Gasteiger charge is -2.09. The van der Waals surface area contributed by atoms with Gasteiger partial charge in [0.1, 0.15) is 10.8 Å². The molecule has 3 aromatic carbocycles. The Kier molecular flexibility index (Phi) is 7.65. The van der Waals surface area contributed by atoms with E-state index in [0.29, 0.717) is 35.2 Å². The molecular formula is C26H22Cl2N2O2S. The van der Waals surface area contributed by atoms with Gasteiger partial charge in [0.25, 0.3) is 0 Å². The smallest absolute Gasteiger partial charge is 0.224 e. The maximum atomic E-state index is 12.3. The Morgan fingerprint density at radius 1 is 1.00 bits per heavy atom. The second-order valence-electron chi connectivity index (χ2n) is 7.44. The highest BCUT2D eigenvalue weighted by molar-refractivity contribution is 7.15. The number of thiazole rings is 1. The number of amides is 1. The molecular weight excluding hydrogens is 475 g/mol. The van der Waals surface area contributed by atoms with E-state index < -0.39 is 0 Å². The fourth-order valence-electron chi connectivity index (χ4n) is 3.31. The highest BCUT2D eigenvalue weighted by Gasteiger charge is 2.12. The molecule has 1 aromatic heterocycles. The molecule has 0 spiro atoms. The van der Waals surface area contributed by atoms with Crippen LogP contribution in [0.1, 0.15) is 17.7 Å². The van der Waals surface area contributed by atoms with E-state index in [4.69, 9.17) is 32.9 Å². The Morgan fingerprint density at radius 2 is 1.76 bits per heavy atom. The van der Waals surface area contributed by atoms with Gasteiger partial charge in [0.2, 0.25) is 5.91 Å². The van der Waals surface area contributed by atoms with Gasteiger partial charge in [0.05, 0.1) is 17.3 Å². The summed E-state index contributed by atoms with van der Waals surface area (Å²) < 4.78 is 5.63. The van der Waals surface area contributed by atoms with Crippen molar-refractivity contribution in [1.82, 2.24) is 4.98 Å². The first-order chi connectivity index (χ1) is 16.0. The summed E-state index contributed by atoms with van der Waals surface area (Å²) in [5, 5.41) is 4.94. The Bertz CT molecular complexity index is 1240. The van der Waals surface area contributed by atoms with Crippen LogP contribution < -0.4 is 10.1 Å². The van der Waals surface area contributed by atoms with Crippen molar-refractivity contribution in [3.05, 3.63) is 87.7 Å². The molecule has 4 nitrogen and oxygen atoms in total. The van der Waals surface area contributed by atoms with E-state index in [0.717, 1.165) is 32.4 Å². The van der Waals surface area contributed by atoms with Crippen LogP contribution in [0.25, 0.3) is 21.8 Å². The zero-order valence-corrected chi connectivity index (χ0v) is 20.3. The van der Waals surface area contributed by atoms with Gasteiger partial charge in [0.15, 0.2) is 0 Å². The van der Waals surface area contributed by atoms with E-state index in [-0.39, 0.29) is 5.91 Å². The fourth-order valence-corrected chi connectivity index (χ4v) is 4.71. The molecule has 1 amide bonds. The molecule has 1 N–H and O–H groups in total. The van der Waals surface area contributed by atoms with E-state index in [1.165, 1.54) is 0 Å². The first-order valence-electron chi connectivity index (χ1n) is 10.5. The first kappa shape index (κ1) is 23.3. The number of benzene rings is 3. The van der Waals surface area contributed by atoms with Gasteiger partial charge in [-0.3, -0.25) is 4.79 Å². The summed E-state index contributed by atoms with van der Waals surface area (Å²) in [4.78, 5) is 18.3. The summed E-state index contributed by atoms with van der Waals surface area (Å²) in [6.07, 6.45) is 0.918. The number of anilines is 1. The molecule has 168 valence electrons. The van der Waals surface area contributed by atoms with Crippen molar-refractivity contribution < 1.29 is 9.53 Å². The number of aryl methyl sites for hydroxylation is 1. The molecule has 7 heteroatoms. The van der Waals surface area contributed by atoms with Crippen LogP contribution in [0, 0.1) is 6.92 Å². The van der Waals surface area contributed by atoms with E-state index in [2.05, 4.69) is 24.4 Å². The van der Waals surface area contributed by atoms with Crippen molar-refractivity contribution in [2.24, 2.45) is 0 Å². The lowest BCUT2D eigenvalue weighted by atomic mass is 10.1. The maximum absolute atomic E-state index is 12.3. The standard InChI is InChI=1S/C26H22Cl2N2O2S/c1-17-25(30-26(33-17)19-6-3-2-4-7-19)18-9-12-21(13-10-18)29-24(31)8-5-15-32-23-14-11-20(27)16-22(23)28/h2-4,6-7,9-14,16H,5,8,15H2,1H3,(H,29,31). The summed E-state index contributed by atoms with van der Waals surface area (Å²) in [6, 6.07) is 23.0. The van der Waals surface area contributed by atoms with Crippen molar-refractivity contribution in [3.8, 4) is 27.6 Å². The van der Waals surface area contributed by atoms with Gasteiger partial charge in [-0.2, -0.15) is 0 Å². The van der Waals surface area contributed by atoms with Crippen LogP contribution in [0.2, 0.25) is 10.0 Å². The van der Waals surface area contributed by atoms with Crippen LogP contribution in [0.4, 0.5) is 5.69 Å². The van der Waals surface area contributed by atoms with Crippen LogP contribution in [0.15, 0.2) is 72.8 Å². The van der Waals surface area contributed by atoms with E-state index >= 15 is 0 Å². The molecule has 0 saturated carbocycles. The molecule has 0 radical (unpaired) electrons. The molecule has 0 bridgehead atoms. The average molecular weight is 497 g/mol. The van der Waals surface area contributed by atoms with Crippen molar-refractivity contribution in [3.63, 3.8) is 0 Å². The van der Waals surface area contributed by atoms with E-state index in [1.807, 2.05) is 42.5 Å². The highest BCUT2D eigenvalue weighted by atomic mass is 35.5. The number of hydrogen-bond acceptors (Lipinski definition) is 4. The summed E-state index contributed by atoms with van der Waals surface area (Å²) in [6.45, 7) is 2.47. The Balaban J connectivity index is 1.30. The summed E-state index contributed by atoms with van der Waals surface area (Å²) in [5.74, 6) is 0.495. The van der Waals surface area contributed by atoms with Gasteiger partial charge in [0, 0.05) is 33.1 Å². The van der Waals surface area contributed by atoms with Crippen LogP contribution in [0.5, 0.6) is 5.75 Å². The molecule has 4 rings (SSSR count). The maximum Gasteiger partial charge on any atom is 0.224 e. The van der Waals surface area contributed by atoms with E-state index in [9.17, 15) is 4.79 Å². The number of halogens is 2.